The van der Waals surface area contributed by atoms with Crippen molar-refractivity contribution in [3.63, 3.8) is 0 Å². The van der Waals surface area contributed by atoms with Crippen molar-refractivity contribution in [3.8, 4) is 0 Å². The summed E-state index contributed by atoms with van der Waals surface area (Å²) in [5.41, 5.74) is -0.339. The summed E-state index contributed by atoms with van der Waals surface area (Å²) in [4.78, 5) is 27.6. The second kappa shape index (κ2) is 4.36. The number of rotatable bonds is 3. The summed E-state index contributed by atoms with van der Waals surface area (Å²) in [6.45, 7) is 1.44. The Kier molecular flexibility index (Phi) is 2.90. The fourth-order valence-corrected chi connectivity index (χ4v) is 1.66. The molecule has 1 aliphatic heterocycles. The molecule has 90 valence electrons. The van der Waals surface area contributed by atoms with E-state index >= 15 is 0 Å². The number of pyridine rings is 1. The lowest BCUT2D eigenvalue weighted by atomic mass is 10.1. The number of anilines is 1. The molecular weight excluding hydrogens is 226 g/mol. The first-order chi connectivity index (χ1) is 8.15. The van der Waals surface area contributed by atoms with E-state index in [1.54, 1.807) is 4.90 Å². The van der Waals surface area contributed by atoms with E-state index in [2.05, 4.69) is 9.72 Å². The van der Waals surface area contributed by atoms with Crippen molar-refractivity contribution in [2.45, 2.75) is 6.42 Å². The zero-order valence-electron chi connectivity index (χ0n) is 9.25. The minimum atomic E-state index is -0.721. The van der Waals surface area contributed by atoms with Crippen LogP contribution in [0, 0.1) is 10.1 Å². The first-order valence-electron chi connectivity index (χ1n) is 5.12. The molecule has 1 aromatic heterocycles. The third-order valence-corrected chi connectivity index (χ3v) is 2.65. The third-order valence-electron chi connectivity index (χ3n) is 2.65. The second-order valence-corrected chi connectivity index (χ2v) is 3.62. The van der Waals surface area contributed by atoms with E-state index in [1.807, 2.05) is 0 Å². The number of carbonyl (C=O) groups excluding carboxylic acids is 1. The number of aromatic nitrogens is 1. The highest BCUT2D eigenvalue weighted by Gasteiger charge is 2.31. The van der Waals surface area contributed by atoms with E-state index in [0.29, 0.717) is 0 Å². The zero-order valence-corrected chi connectivity index (χ0v) is 9.25. The molecule has 2 heterocycles. The summed E-state index contributed by atoms with van der Waals surface area (Å²) in [6.07, 6.45) is 2.36. The van der Waals surface area contributed by atoms with Crippen molar-refractivity contribution in [1.82, 2.24) is 4.98 Å². The topological polar surface area (TPSA) is 85.6 Å². The van der Waals surface area contributed by atoms with Gasteiger partial charge in [-0.25, -0.2) is 9.78 Å². The van der Waals surface area contributed by atoms with Gasteiger partial charge in [-0.05, 0) is 12.5 Å². The van der Waals surface area contributed by atoms with E-state index in [-0.39, 0.29) is 17.1 Å². The van der Waals surface area contributed by atoms with Crippen LogP contribution < -0.4 is 4.90 Å². The Morgan fingerprint density at radius 3 is 2.76 bits per heavy atom. The van der Waals surface area contributed by atoms with E-state index in [4.69, 9.17) is 0 Å². The molecule has 0 radical (unpaired) electrons. The zero-order chi connectivity index (χ0) is 12.4. The number of hydrogen-bond acceptors (Lipinski definition) is 6. The van der Waals surface area contributed by atoms with Crippen molar-refractivity contribution in [2.24, 2.45) is 0 Å². The van der Waals surface area contributed by atoms with Crippen molar-refractivity contribution in [2.75, 3.05) is 25.1 Å². The van der Waals surface area contributed by atoms with Gasteiger partial charge in [0.05, 0.1) is 12.0 Å². The number of nitro groups is 1. The second-order valence-electron chi connectivity index (χ2n) is 3.62. The quantitative estimate of drug-likeness (QED) is 0.442. The summed E-state index contributed by atoms with van der Waals surface area (Å²) in [5, 5.41) is 11.0. The SMILES string of the molecule is COC(=O)c1ccnc(N2CCC2)c1[N+](=O)[O-]. The van der Waals surface area contributed by atoms with Crippen LogP contribution in [0.5, 0.6) is 0 Å². The van der Waals surface area contributed by atoms with E-state index < -0.39 is 10.9 Å². The molecule has 0 amide bonds. The maximum atomic E-state index is 11.4. The molecule has 0 aliphatic carbocycles. The molecule has 2 rings (SSSR count). The molecule has 0 spiro atoms. The van der Waals surface area contributed by atoms with Gasteiger partial charge in [0.1, 0.15) is 5.56 Å². The van der Waals surface area contributed by atoms with Crippen LogP contribution in [-0.2, 0) is 4.74 Å². The highest BCUT2D eigenvalue weighted by molar-refractivity contribution is 5.96. The first kappa shape index (κ1) is 11.3. The van der Waals surface area contributed by atoms with Gasteiger partial charge in [0, 0.05) is 19.3 Å². The Labute approximate surface area is 97.2 Å². The number of carbonyl (C=O) groups is 1. The van der Waals surface area contributed by atoms with Gasteiger partial charge in [0.25, 0.3) is 0 Å². The first-order valence-corrected chi connectivity index (χ1v) is 5.12. The predicted molar refractivity (Wildman–Crippen MR) is 59.1 cm³/mol. The maximum Gasteiger partial charge on any atom is 0.345 e. The van der Waals surface area contributed by atoms with E-state index in [0.717, 1.165) is 19.5 Å². The van der Waals surface area contributed by atoms with Crippen LogP contribution in [0.25, 0.3) is 0 Å². The fraction of sp³-hybridized carbons (Fsp3) is 0.400. The van der Waals surface area contributed by atoms with Crippen molar-refractivity contribution < 1.29 is 14.5 Å². The van der Waals surface area contributed by atoms with Gasteiger partial charge in [-0.15, -0.1) is 0 Å². The number of esters is 1. The Hall–Kier alpha value is -2.18. The minimum absolute atomic E-state index is 0.0607. The number of hydrogen-bond donors (Lipinski definition) is 0. The standard InChI is InChI=1S/C10H11N3O4/c1-17-10(14)7-3-4-11-9(8(7)13(15)16)12-5-2-6-12/h3-4H,2,5-6H2,1H3. The maximum absolute atomic E-state index is 11.4. The lowest BCUT2D eigenvalue weighted by Gasteiger charge is -2.31. The number of nitrogens with zero attached hydrogens (tertiary/aromatic N) is 3. The predicted octanol–water partition coefficient (Wildman–Crippen LogP) is 0.986. The minimum Gasteiger partial charge on any atom is -0.465 e. The summed E-state index contributed by atoms with van der Waals surface area (Å²) in [7, 11) is 1.19. The fourth-order valence-electron chi connectivity index (χ4n) is 1.66. The van der Waals surface area contributed by atoms with Gasteiger partial charge >= 0.3 is 11.7 Å². The molecule has 17 heavy (non-hydrogen) atoms. The van der Waals surface area contributed by atoms with Gasteiger partial charge in [-0.3, -0.25) is 10.1 Å². The van der Waals surface area contributed by atoms with Crippen LogP contribution >= 0.6 is 0 Å². The molecule has 0 bridgehead atoms. The monoisotopic (exact) mass is 237 g/mol. The average molecular weight is 237 g/mol. The highest BCUT2D eigenvalue weighted by atomic mass is 16.6. The molecule has 0 N–H and O–H groups in total. The van der Waals surface area contributed by atoms with Crippen LogP contribution in [0.1, 0.15) is 16.8 Å². The Morgan fingerprint density at radius 1 is 1.59 bits per heavy atom. The molecule has 1 fully saturated rings. The molecule has 7 heteroatoms. The lowest BCUT2D eigenvalue weighted by molar-refractivity contribution is -0.384. The summed E-state index contributed by atoms with van der Waals surface area (Å²) in [6, 6.07) is 1.30. The van der Waals surface area contributed by atoms with Crippen LogP contribution in [0.2, 0.25) is 0 Å². The van der Waals surface area contributed by atoms with Crippen LogP contribution in [0.3, 0.4) is 0 Å². The van der Waals surface area contributed by atoms with Gasteiger partial charge in [0.2, 0.25) is 5.82 Å². The molecule has 7 nitrogen and oxygen atoms in total. The summed E-state index contributed by atoms with van der Waals surface area (Å²) >= 11 is 0. The van der Waals surface area contributed by atoms with Crippen LogP contribution in [-0.4, -0.2) is 36.1 Å². The number of methoxy groups -OCH3 is 1. The third kappa shape index (κ3) is 1.91. The van der Waals surface area contributed by atoms with Crippen molar-refractivity contribution >= 4 is 17.5 Å². The van der Waals surface area contributed by atoms with E-state index in [1.165, 1.54) is 19.4 Å². The number of ether oxygens (including phenoxy) is 1. The molecule has 0 atom stereocenters. The molecule has 0 unspecified atom stereocenters. The smallest absolute Gasteiger partial charge is 0.345 e. The van der Waals surface area contributed by atoms with Crippen LogP contribution in [0.15, 0.2) is 12.3 Å². The largest absolute Gasteiger partial charge is 0.465 e. The van der Waals surface area contributed by atoms with E-state index in [9.17, 15) is 14.9 Å². The van der Waals surface area contributed by atoms with Gasteiger partial charge in [-0.1, -0.05) is 0 Å². The average Bonchev–Trinajstić information content (AvgIpc) is 2.25. The highest BCUT2D eigenvalue weighted by Crippen LogP contribution is 2.32. The van der Waals surface area contributed by atoms with Crippen molar-refractivity contribution in [3.05, 3.63) is 27.9 Å². The Bertz CT molecular complexity index is 471. The van der Waals surface area contributed by atoms with Gasteiger partial charge in [-0.2, -0.15) is 0 Å². The Balaban J connectivity index is 2.52. The molecule has 1 saturated heterocycles. The summed E-state index contributed by atoms with van der Waals surface area (Å²) < 4.78 is 4.52. The molecule has 0 saturated carbocycles. The van der Waals surface area contributed by atoms with Crippen molar-refractivity contribution in [1.29, 1.82) is 0 Å². The lowest BCUT2D eigenvalue weighted by Crippen LogP contribution is -2.38. The van der Waals surface area contributed by atoms with Gasteiger partial charge in [0.15, 0.2) is 0 Å². The van der Waals surface area contributed by atoms with Crippen LogP contribution in [0.4, 0.5) is 11.5 Å². The summed E-state index contributed by atoms with van der Waals surface area (Å²) in [5.74, 6) is -0.481. The molecular formula is C10H11N3O4. The molecule has 1 aromatic rings. The Morgan fingerprint density at radius 2 is 2.29 bits per heavy atom. The molecule has 0 aromatic carbocycles. The molecule has 1 aliphatic rings. The van der Waals surface area contributed by atoms with Gasteiger partial charge < -0.3 is 9.64 Å². The normalized spacial score (nSPS) is 14.1.